The zero-order chi connectivity index (χ0) is 13.7. The lowest BCUT2D eigenvalue weighted by Gasteiger charge is -2.24. The quantitative estimate of drug-likeness (QED) is 0.809. The fourth-order valence-corrected chi connectivity index (χ4v) is 2.22. The Morgan fingerprint density at radius 3 is 3.05 bits per heavy atom. The third kappa shape index (κ3) is 3.45. The van der Waals surface area contributed by atoms with E-state index in [-0.39, 0.29) is 12.0 Å². The van der Waals surface area contributed by atoms with Crippen LogP contribution in [0.1, 0.15) is 5.56 Å². The van der Waals surface area contributed by atoms with Gasteiger partial charge in [-0.3, -0.25) is 9.69 Å². The van der Waals surface area contributed by atoms with Gasteiger partial charge in [0, 0.05) is 25.2 Å². The van der Waals surface area contributed by atoms with Crippen LogP contribution in [0.3, 0.4) is 0 Å². The average Bonchev–Trinajstić information content (AvgIpc) is 2.65. The molecule has 0 amide bonds. The van der Waals surface area contributed by atoms with Crippen molar-refractivity contribution < 1.29 is 14.3 Å². The summed E-state index contributed by atoms with van der Waals surface area (Å²) in [5.41, 5.74) is 1.15. The first-order valence-corrected chi connectivity index (χ1v) is 6.42. The Balaban J connectivity index is 2.04. The van der Waals surface area contributed by atoms with Crippen molar-refractivity contribution >= 4 is 5.97 Å². The van der Waals surface area contributed by atoms with E-state index in [0.29, 0.717) is 13.2 Å². The van der Waals surface area contributed by atoms with E-state index in [1.807, 2.05) is 18.2 Å². The molecule has 1 heterocycles. The summed E-state index contributed by atoms with van der Waals surface area (Å²) in [7, 11) is 3.18. The zero-order valence-electron chi connectivity index (χ0n) is 11.4. The van der Waals surface area contributed by atoms with Gasteiger partial charge in [-0.1, -0.05) is 18.2 Å². The van der Waals surface area contributed by atoms with Crippen LogP contribution in [0.4, 0.5) is 0 Å². The molecule has 0 saturated carbocycles. The topological polar surface area (TPSA) is 50.8 Å². The molecule has 1 atom stereocenters. The molecule has 5 nitrogen and oxygen atoms in total. The minimum atomic E-state index is -0.310. The molecule has 0 saturated heterocycles. The highest BCUT2D eigenvalue weighted by atomic mass is 16.5. The van der Waals surface area contributed by atoms with Gasteiger partial charge < -0.3 is 14.8 Å². The number of hydrogen-bond acceptors (Lipinski definition) is 5. The zero-order valence-corrected chi connectivity index (χ0v) is 11.4. The number of ether oxygens (including phenoxy) is 2. The molecular formula is C14H20N2O3. The Morgan fingerprint density at radius 2 is 2.32 bits per heavy atom. The summed E-state index contributed by atoms with van der Waals surface area (Å²) < 4.78 is 10.5. The first kappa shape index (κ1) is 13.8. The second-order valence-corrected chi connectivity index (χ2v) is 4.56. The van der Waals surface area contributed by atoms with E-state index in [2.05, 4.69) is 16.3 Å². The maximum atomic E-state index is 11.6. The van der Waals surface area contributed by atoms with Crippen molar-refractivity contribution in [2.45, 2.75) is 12.6 Å². The fraction of sp³-hybridized carbons (Fsp3) is 0.500. The SMILES string of the molecule is CNC(CN1CCOc2ccccc2C1)C(=O)OC. The predicted molar refractivity (Wildman–Crippen MR) is 72.1 cm³/mol. The molecule has 5 heteroatoms. The first-order chi connectivity index (χ1) is 9.24. The van der Waals surface area contributed by atoms with Crippen molar-refractivity contribution in [3.8, 4) is 5.75 Å². The number of para-hydroxylation sites is 1. The molecule has 0 fully saturated rings. The summed E-state index contributed by atoms with van der Waals surface area (Å²) in [4.78, 5) is 13.8. The number of carbonyl (C=O) groups excluding carboxylic acids is 1. The number of likely N-dealkylation sites (N-methyl/N-ethyl adjacent to an activating group) is 1. The van der Waals surface area contributed by atoms with E-state index in [4.69, 9.17) is 9.47 Å². The molecule has 0 radical (unpaired) electrons. The Morgan fingerprint density at radius 1 is 1.53 bits per heavy atom. The summed E-state index contributed by atoms with van der Waals surface area (Å²) in [6, 6.07) is 7.70. The molecule has 0 spiro atoms. The summed E-state index contributed by atoms with van der Waals surface area (Å²) >= 11 is 0. The summed E-state index contributed by atoms with van der Waals surface area (Å²) in [6.07, 6.45) is 0. The van der Waals surface area contributed by atoms with Crippen LogP contribution in [0.15, 0.2) is 24.3 Å². The van der Waals surface area contributed by atoms with Gasteiger partial charge >= 0.3 is 5.97 Å². The molecule has 0 aliphatic carbocycles. The number of nitrogens with zero attached hydrogens (tertiary/aromatic N) is 1. The molecule has 104 valence electrons. The second-order valence-electron chi connectivity index (χ2n) is 4.56. The predicted octanol–water partition coefficient (Wildman–Crippen LogP) is 0.642. The molecule has 19 heavy (non-hydrogen) atoms. The largest absolute Gasteiger partial charge is 0.492 e. The summed E-state index contributed by atoms with van der Waals surface area (Å²) in [5.74, 6) is 0.699. The maximum absolute atomic E-state index is 11.6. The molecule has 1 aromatic rings. The number of carbonyl (C=O) groups is 1. The highest BCUT2D eigenvalue weighted by molar-refractivity contribution is 5.75. The van der Waals surface area contributed by atoms with Crippen LogP contribution in [0, 0.1) is 0 Å². The molecule has 0 bridgehead atoms. The maximum Gasteiger partial charge on any atom is 0.324 e. The highest BCUT2D eigenvalue weighted by Crippen LogP contribution is 2.22. The van der Waals surface area contributed by atoms with Gasteiger partial charge in [-0.2, -0.15) is 0 Å². The Kier molecular flexibility index (Phi) is 4.76. The molecule has 1 aliphatic rings. The van der Waals surface area contributed by atoms with E-state index >= 15 is 0 Å². The van der Waals surface area contributed by atoms with Crippen LogP contribution < -0.4 is 10.1 Å². The van der Waals surface area contributed by atoms with Crippen molar-refractivity contribution in [1.82, 2.24) is 10.2 Å². The standard InChI is InChI=1S/C14H20N2O3/c1-15-12(14(17)18-2)10-16-7-8-19-13-6-4-3-5-11(13)9-16/h3-6,12,15H,7-10H2,1-2H3. The van der Waals surface area contributed by atoms with Gasteiger partial charge in [0.05, 0.1) is 7.11 Å². The van der Waals surface area contributed by atoms with Crippen LogP contribution in [-0.2, 0) is 16.1 Å². The van der Waals surface area contributed by atoms with Crippen LogP contribution in [-0.4, -0.2) is 50.8 Å². The Labute approximate surface area is 113 Å². The van der Waals surface area contributed by atoms with E-state index < -0.39 is 0 Å². The number of nitrogens with one attached hydrogen (secondary N) is 1. The first-order valence-electron chi connectivity index (χ1n) is 6.42. The molecule has 1 N–H and O–H groups in total. The second kappa shape index (κ2) is 6.54. The third-order valence-electron chi connectivity index (χ3n) is 3.31. The van der Waals surface area contributed by atoms with Gasteiger partial charge in [-0.05, 0) is 13.1 Å². The van der Waals surface area contributed by atoms with Crippen molar-refractivity contribution in [1.29, 1.82) is 0 Å². The van der Waals surface area contributed by atoms with Crippen molar-refractivity contribution in [2.24, 2.45) is 0 Å². The van der Waals surface area contributed by atoms with Gasteiger partial charge in [0.2, 0.25) is 0 Å². The molecule has 2 rings (SSSR count). The number of hydrogen-bond donors (Lipinski definition) is 1. The van der Waals surface area contributed by atoms with Gasteiger partial charge in [0.15, 0.2) is 0 Å². The van der Waals surface area contributed by atoms with Gasteiger partial charge in [-0.15, -0.1) is 0 Å². The molecular weight excluding hydrogens is 244 g/mol. The minimum Gasteiger partial charge on any atom is -0.492 e. The summed E-state index contributed by atoms with van der Waals surface area (Å²) in [5, 5.41) is 2.99. The average molecular weight is 264 g/mol. The van der Waals surface area contributed by atoms with Crippen molar-refractivity contribution in [2.75, 3.05) is 33.9 Å². The molecule has 0 aromatic heterocycles. The summed E-state index contributed by atoms with van der Waals surface area (Å²) in [6.45, 7) is 2.82. The number of methoxy groups -OCH3 is 1. The monoisotopic (exact) mass is 264 g/mol. The lowest BCUT2D eigenvalue weighted by atomic mass is 10.2. The van der Waals surface area contributed by atoms with E-state index in [9.17, 15) is 4.79 Å². The normalized spacial score (nSPS) is 16.9. The van der Waals surface area contributed by atoms with E-state index in [1.165, 1.54) is 7.11 Å². The minimum absolute atomic E-state index is 0.235. The third-order valence-corrected chi connectivity index (χ3v) is 3.31. The molecule has 1 unspecified atom stereocenters. The van der Waals surface area contributed by atoms with E-state index in [0.717, 1.165) is 24.4 Å². The number of esters is 1. The van der Waals surface area contributed by atoms with Gasteiger partial charge in [0.1, 0.15) is 18.4 Å². The van der Waals surface area contributed by atoms with Gasteiger partial charge in [0.25, 0.3) is 0 Å². The van der Waals surface area contributed by atoms with Gasteiger partial charge in [-0.25, -0.2) is 0 Å². The van der Waals surface area contributed by atoms with Crippen molar-refractivity contribution in [3.63, 3.8) is 0 Å². The lowest BCUT2D eigenvalue weighted by Crippen LogP contribution is -2.45. The van der Waals surface area contributed by atoms with Crippen molar-refractivity contribution in [3.05, 3.63) is 29.8 Å². The van der Waals surface area contributed by atoms with Crippen LogP contribution in [0.2, 0.25) is 0 Å². The number of fused-ring (bicyclic) bond motifs is 1. The smallest absolute Gasteiger partial charge is 0.324 e. The molecule has 1 aliphatic heterocycles. The van der Waals surface area contributed by atoms with E-state index in [1.54, 1.807) is 7.05 Å². The number of benzene rings is 1. The van der Waals surface area contributed by atoms with Crippen LogP contribution >= 0.6 is 0 Å². The highest BCUT2D eigenvalue weighted by Gasteiger charge is 2.22. The fourth-order valence-electron chi connectivity index (χ4n) is 2.22. The Hall–Kier alpha value is -1.59. The molecule has 1 aromatic carbocycles. The lowest BCUT2D eigenvalue weighted by molar-refractivity contribution is -0.143. The van der Waals surface area contributed by atoms with Crippen LogP contribution in [0.5, 0.6) is 5.75 Å². The Bertz CT molecular complexity index is 436. The number of rotatable bonds is 4. The van der Waals surface area contributed by atoms with Crippen LogP contribution in [0.25, 0.3) is 0 Å².